The number of anilines is 2. The molecule has 0 spiro atoms. The summed E-state index contributed by atoms with van der Waals surface area (Å²) in [4.78, 5) is 14.3. The molecule has 5 heteroatoms. The van der Waals surface area contributed by atoms with Gasteiger partial charge in [-0.15, -0.1) is 0 Å². The third kappa shape index (κ3) is 4.11. The number of carbonyl (C=O) groups excluding carboxylic acids is 1. The van der Waals surface area contributed by atoms with Gasteiger partial charge in [-0.05, 0) is 51.1 Å². The molecule has 1 unspecified atom stereocenters. The van der Waals surface area contributed by atoms with Gasteiger partial charge in [0.15, 0.2) is 0 Å². The average Bonchev–Trinajstić information content (AvgIpc) is 2.50. The van der Waals surface area contributed by atoms with Gasteiger partial charge in [0.05, 0.1) is 11.4 Å². The minimum absolute atomic E-state index is 0.0561. The minimum atomic E-state index is -0.0561. The standard InChI is InChI=1S/C16H26N4O/c1-3-18-16(21)12-7-8-14(17)15(10-12)19-13-6-5-9-20(4-2)11-13/h7-8,10,13,19H,3-6,9,11,17H2,1-2H3,(H,18,21). The third-order valence-electron chi connectivity index (χ3n) is 3.97. The number of hydrogen-bond acceptors (Lipinski definition) is 4. The maximum atomic E-state index is 11.9. The summed E-state index contributed by atoms with van der Waals surface area (Å²) >= 11 is 0. The number of amides is 1. The van der Waals surface area contributed by atoms with E-state index in [4.69, 9.17) is 5.73 Å². The van der Waals surface area contributed by atoms with E-state index in [0.717, 1.165) is 25.2 Å². The van der Waals surface area contributed by atoms with Crippen molar-refractivity contribution in [3.8, 4) is 0 Å². The van der Waals surface area contributed by atoms with Crippen molar-refractivity contribution in [2.75, 3.05) is 37.2 Å². The molecule has 5 nitrogen and oxygen atoms in total. The topological polar surface area (TPSA) is 70.4 Å². The SMILES string of the molecule is CCNC(=O)c1ccc(N)c(NC2CCCN(CC)C2)c1. The highest BCUT2D eigenvalue weighted by Gasteiger charge is 2.19. The zero-order chi connectivity index (χ0) is 15.2. The number of nitrogen functional groups attached to an aromatic ring is 1. The van der Waals surface area contributed by atoms with Crippen LogP contribution in [-0.4, -0.2) is 43.0 Å². The Hall–Kier alpha value is -1.75. The fraction of sp³-hybridized carbons (Fsp3) is 0.562. The van der Waals surface area contributed by atoms with Crippen molar-refractivity contribution in [1.82, 2.24) is 10.2 Å². The number of hydrogen-bond donors (Lipinski definition) is 3. The number of benzene rings is 1. The Labute approximate surface area is 126 Å². The van der Waals surface area contributed by atoms with Crippen molar-refractivity contribution in [2.24, 2.45) is 0 Å². The molecule has 21 heavy (non-hydrogen) atoms. The number of carbonyl (C=O) groups is 1. The van der Waals surface area contributed by atoms with Crippen LogP contribution < -0.4 is 16.4 Å². The van der Waals surface area contributed by atoms with E-state index in [0.29, 0.717) is 23.8 Å². The molecule has 0 radical (unpaired) electrons. The molecular formula is C16H26N4O. The van der Waals surface area contributed by atoms with E-state index in [2.05, 4.69) is 22.5 Å². The molecule has 0 aliphatic carbocycles. The Morgan fingerprint density at radius 3 is 2.95 bits per heavy atom. The van der Waals surface area contributed by atoms with Crippen molar-refractivity contribution in [2.45, 2.75) is 32.7 Å². The number of nitrogens with two attached hydrogens (primary N) is 1. The van der Waals surface area contributed by atoms with Crippen LogP contribution in [0.4, 0.5) is 11.4 Å². The zero-order valence-electron chi connectivity index (χ0n) is 13.0. The molecule has 2 rings (SSSR count). The van der Waals surface area contributed by atoms with Gasteiger partial charge in [0, 0.05) is 24.7 Å². The number of likely N-dealkylation sites (N-methyl/N-ethyl adjacent to an activating group) is 1. The largest absolute Gasteiger partial charge is 0.397 e. The van der Waals surface area contributed by atoms with Crippen LogP contribution in [0.3, 0.4) is 0 Å². The molecule has 1 fully saturated rings. The second kappa shape index (κ2) is 7.31. The third-order valence-corrected chi connectivity index (χ3v) is 3.97. The molecule has 1 aromatic rings. The van der Waals surface area contributed by atoms with Crippen LogP contribution in [0, 0.1) is 0 Å². The van der Waals surface area contributed by atoms with Crippen LogP contribution in [0.1, 0.15) is 37.0 Å². The number of piperidine rings is 1. The van der Waals surface area contributed by atoms with Gasteiger partial charge in [0.25, 0.3) is 5.91 Å². The number of likely N-dealkylation sites (tertiary alicyclic amines) is 1. The Bertz CT molecular complexity index is 489. The number of nitrogens with zero attached hydrogens (tertiary/aromatic N) is 1. The summed E-state index contributed by atoms with van der Waals surface area (Å²) in [5.74, 6) is -0.0561. The molecule has 116 valence electrons. The zero-order valence-corrected chi connectivity index (χ0v) is 13.0. The maximum absolute atomic E-state index is 11.9. The molecule has 1 atom stereocenters. The fourth-order valence-electron chi connectivity index (χ4n) is 2.77. The van der Waals surface area contributed by atoms with E-state index in [1.54, 1.807) is 12.1 Å². The monoisotopic (exact) mass is 290 g/mol. The van der Waals surface area contributed by atoms with Crippen LogP contribution in [-0.2, 0) is 0 Å². The first-order chi connectivity index (χ1) is 10.1. The maximum Gasteiger partial charge on any atom is 0.251 e. The second-order valence-corrected chi connectivity index (χ2v) is 5.54. The Balaban J connectivity index is 2.08. The first kappa shape index (κ1) is 15.6. The van der Waals surface area contributed by atoms with Crippen LogP contribution in [0.5, 0.6) is 0 Å². The predicted molar refractivity (Wildman–Crippen MR) is 87.6 cm³/mol. The Kier molecular flexibility index (Phi) is 5.44. The summed E-state index contributed by atoms with van der Waals surface area (Å²) in [7, 11) is 0. The van der Waals surface area contributed by atoms with Gasteiger partial charge in [-0.3, -0.25) is 4.79 Å². The lowest BCUT2D eigenvalue weighted by molar-refractivity contribution is 0.0956. The number of rotatable bonds is 5. The van der Waals surface area contributed by atoms with Gasteiger partial charge in [0.1, 0.15) is 0 Å². The molecule has 1 saturated heterocycles. The van der Waals surface area contributed by atoms with Crippen LogP contribution in [0.15, 0.2) is 18.2 Å². The van der Waals surface area contributed by atoms with Gasteiger partial charge in [0.2, 0.25) is 0 Å². The first-order valence-electron chi connectivity index (χ1n) is 7.80. The minimum Gasteiger partial charge on any atom is -0.397 e. The highest BCUT2D eigenvalue weighted by molar-refractivity contribution is 5.96. The molecule has 1 aliphatic heterocycles. The lowest BCUT2D eigenvalue weighted by Gasteiger charge is -2.33. The van der Waals surface area contributed by atoms with E-state index >= 15 is 0 Å². The Morgan fingerprint density at radius 2 is 2.24 bits per heavy atom. The summed E-state index contributed by atoms with van der Waals surface area (Å²) in [6.07, 6.45) is 2.34. The lowest BCUT2D eigenvalue weighted by atomic mass is 10.0. The summed E-state index contributed by atoms with van der Waals surface area (Å²) in [6.45, 7) is 8.00. The Morgan fingerprint density at radius 1 is 1.43 bits per heavy atom. The van der Waals surface area contributed by atoms with Crippen molar-refractivity contribution < 1.29 is 4.79 Å². The highest BCUT2D eigenvalue weighted by atomic mass is 16.1. The van der Waals surface area contributed by atoms with E-state index in [1.165, 1.54) is 13.0 Å². The molecule has 1 heterocycles. The van der Waals surface area contributed by atoms with Crippen molar-refractivity contribution >= 4 is 17.3 Å². The molecule has 4 N–H and O–H groups in total. The fourth-order valence-corrected chi connectivity index (χ4v) is 2.77. The molecule has 1 aliphatic rings. The predicted octanol–water partition coefficient (Wildman–Crippen LogP) is 1.91. The summed E-state index contributed by atoms with van der Waals surface area (Å²) in [5, 5.41) is 6.32. The quantitative estimate of drug-likeness (QED) is 0.725. The molecule has 0 bridgehead atoms. The molecular weight excluding hydrogens is 264 g/mol. The van der Waals surface area contributed by atoms with Crippen molar-refractivity contribution in [3.05, 3.63) is 23.8 Å². The first-order valence-corrected chi connectivity index (χ1v) is 7.80. The number of nitrogens with one attached hydrogen (secondary N) is 2. The van der Waals surface area contributed by atoms with Crippen LogP contribution in [0.25, 0.3) is 0 Å². The summed E-state index contributed by atoms with van der Waals surface area (Å²) < 4.78 is 0. The smallest absolute Gasteiger partial charge is 0.251 e. The lowest BCUT2D eigenvalue weighted by Crippen LogP contribution is -2.42. The van der Waals surface area contributed by atoms with Gasteiger partial charge < -0.3 is 21.3 Å². The van der Waals surface area contributed by atoms with Crippen molar-refractivity contribution in [3.63, 3.8) is 0 Å². The summed E-state index contributed by atoms with van der Waals surface area (Å²) in [6, 6.07) is 5.81. The highest BCUT2D eigenvalue weighted by Crippen LogP contribution is 2.23. The summed E-state index contributed by atoms with van der Waals surface area (Å²) in [5.41, 5.74) is 8.24. The average molecular weight is 290 g/mol. The van der Waals surface area contributed by atoms with Gasteiger partial charge in [-0.25, -0.2) is 0 Å². The molecule has 1 aromatic carbocycles. The van der Waals surface area contributed by atoms with Crippen LogP contribution in [0.2, 0.25) is 0 Å². The van der Waals surface area contributed by atoms with Gasteiger partial charge >= 0.3 is 0 Å². The van der Waals surface area contributed by atoms with E-state index < -0.39 is 0 Å². The molecule has 0 aromatic heterocycles. The molecule has 1 amide bonds. The van der Waals surface area contributed by atoms with Gasteiger partial charge in [-0.2, -0.15) is 0 Å². The van der Waals surface area contributed by atoms with E-state index in [9.17, 15) is 4.79 Å². The van der Waals surface area contributed by atoms with Crippen LogP contribution >= 0.6 is 0 Å². The van der Waals surface area contributed by atoms with Gasteiger partial charge in [-0.1, -0.05) is 6.92 Å². The van der Waals surface area contributed by atoms with Crippen molar-refractivity contribution in [1.29, 1.82) is 0 Å². The van der Waals surface area contributed by atoms with E-state index in [1.807, 2.05) is 13.0 Å². The normalized spacial score (nSPS) is 19.2. The second-order valence-electron chi connectivity index (χ2n) is 5.54. The van der Waals surface area contributed by atoms with E-state index in [-0.39, 0.29) is 5.91 Å². The molecule has 0 saturated carbocycles.